The monoisotopic (exact) mass is 243 g/mol. The van der Waals surface area contributed by atoms with E-state index in [9.17, 15) is 9.90 Å². The molecular formula is C11H14ClNO3. The highest BCUT2D eigenvalue weighted by atomic mass is 35.5. The van der Waals surface area contributed by atoms with Crippen molar-refractivity contribution in [3.8, 4) is 5.75 Å². The number of nitrogens with one attached hydrogen (secondary N) is 1. The number of hydrogen-bond acceptors (Lipinski definition) is 3. The summed E-state index contributed by atoms with van der Waals surface area (Å²) in [6.07, 6.45) is 0. The highest BCUT2D eigenvalue weighted by Crippen LogP contribution is 2.33. The number of aromatic hydroxyl groups is 1. The fourth-order valence-corrected chi connectivity index (χ4v) is 2.07. The van der Waals surface area contributed by atoms with Gasteiger partial charge in [0, 0.05) is 19.0 Å². The van der Waals surface area contributed by atoms with Crippen molar-refractivity contribution in [2.24, 2.45) is 5.92 Å². The van der Waals surface area contributed by atoms with Crippen LogP contribution in [-0.4, -0.2) is 29.3 Å². The number of phenols is 1. The quantitative estimate of drug-likeness (QED) is 0.730. The molecule has 2 atom stereocenters. The Labute approximate surface area is 99.7 Å². The first kappa shape index (κ1) is 12.8. The summed E-state index contributed by atoms with van der Waals surface area (Å²) in [5, 5.41) is 21.7. The molecule has 1 aliphatic rings. The predicted octanol–water partition coefficient (Wildman–Crippen LogP) is 1.20. The van der Waals surface area contributed by atoms with Gasteiger partial charge in [-0.05, 0) is 11.6 Å². The van der Waals surface area contributed by atoms with Crippen LogP contribution in [-0.2, 0) is 4.79 Å². The zero-order chi connectivity index (χ0) is 10.8. The Morgan fingerprint density at radius 3 is 2.62 bits per heavy atom. The fraction of sp³-hybridized carbons (Fsp3) is 0.364. The van der Waals surface area contributed by atoms with Crippen LogP contribution < -0.4 is 5.32 Å². The van der Waals surface area contributed by atoms with Crippen LogP contribution in [0.1, 0.15) is 11.5 Å². The van der Waals surface area contributed by atoms with Gasteiger partial charge in [-0.1, -0.05) is 18.2 Å². The summed E-state index contributed by atoms with van der Waals surface area (Å²) in [5.41, 5.74) is 0.718. The first-order chi connectivity index (χ1) is 7.20. The predicted molar refractivity (Wildman–Crippen MR) is 62.1 cm³/mol. The third-order valence-electron chi connectivity index (χ3n) is 2.87. The average Bonchev–Trinajstić information content (AvgIpc) is 2.67. The van der Waals surface area contributed by atoms with Crippen molar-refractivity contribution in [1.82, 2.24) is 5.32 Å². The van der Waals surface area contributed by atoms with Crippen molar-refractivity contribution in [3.05, 3.63) is 29.8 Å². The Kier molecular flexibility index (Phi) is 4.15. The van der Waals surface area contributed by atoms with Gasteiger partial charge in [-0.25, -0.2) is 0 Å². The Morgan fingerprint density at radius 2 is 2.00 bits per heavy atom. The fourth-order valence-electron chi connectivity index (χ4n) is 2.07. The summed E-state index contributed by atoms with van der Waals surface area (Å²) in [7, 11) is 0. The van der Waals surface area contributed by atoms with Crippen LogP contribution in [0.5, 0.6) is 5.75 Å². The molecule has 2 unspecified atom stereocenters. The normalized spacial score (nSPS) is 23.8. The Hall–Kier alpha value is -1.26. The van der Waals surface area contributed by atoms with Crippen molar-refractivity contribution in [1.29, 1.82) is 0 Å². The van der Waals surface area contributed by atoms with Gasteiger partial charge in [0.05, 0.1) is 5.92 Å². The number of carbonyl (C=O) groups is 1. The van der Waals surface area contributed by atoms with Crippen LogP contribution in [0.4, 0.5) is 0 Å². The number of carboxylic acids is 1. The standard InChI is InChI=1S/C11H13NO3.ClH/c13-10-4-2-1-3-7(10)8-5-12-6-9(8)11(14)15;/h1-4,8-9,12-13H,5-6H2,(H,14,15);1H. The lowest BCUT2D eigenvalue weighted by Gasteiger charge is -2.15. The van der Waals surface area contributed by atoms with Gasteiger partial charge in [0.2, 0.25) is 0 Å². The lowest BCUT2D eigenvalue weighted by Crippen LogP contribution is -2.21. The van der Waals surface area contributed by atoms with Gasteiger partial charge in [0.1, 0.15) is 5.75 Å². The maximum Gasteiger partial charge on any atom is 0.308 e. The van der Waals surface area contributed by atoms with Crippen LogP contribution >= 0.6 is 12.4 Å². The van der Waals surface area contributed by atoms with Gasteiger partial charge >= 0.3 is 5.97 Å². The minimum atomic E-state index is -0.812. The molecule has 5 heteroatoms. The molecule has 0 bridgehead atoms. The maximum atomic E-state index is 11.0. The molecule has 1 aliphatic heterocycles. The van der Waals surface area contributed by atoms with E-state index in [1.807, 2.05) is 6.07 Å². The molecule has 88 valence electrons. The number of phenolic OH excluding ortho intramolecular Hbond substituents is 1. The lowest BCUT2D eigenvalue weighted by molar-refractivity contribution is -0.141. The molecule has 0 amide bonds. The van der Waals surface area contributed by atoms with Gasteiger partial charge in [0.15, 0.2) is 0 Å². The second-order valence-electron chi connectivity index (χ2n) is 3.77. The Bertz CT molecular complexity index is 383. The molecule has 2 rings (SSSR count). The van der Waals surface area contributed by atoms with Crippen LogP contribution in [0.25, 0.3) is 0 Å². The Balaban J connectivity index is 0.00000128. The van der Waals surface area contributed by atoms with Crippen LogP contribution in [0.3, 0.4) is 0 Å². The number of rotatable bonds is 2. The summed E-state index contributed by atoms with van der Waals surface area (Å²) in [6.45, 7) is 1.07. The zero-order valence-electron chi connectivity index (χ0n) is 8.59. The molecule has 0 saturated carbocycles. The molecule has 0 aliphatic carbocycles. The molecule has 3 N–H and O–H groups in total. The minimum Gasteiger partial charge on any atom is -0.508 e. The minimum absolute atomic E-state index is 0. The van der Waals surface area contributed by atoms with Crippen molar-refractivity contribution in [2.45, 2.75) is 5.92 Å². The van der Waals surface area contributed by atoms with E-state index >= 15 is 0 Å². The molecular weight excluding hydrogens is 230 g/mol. The number of hydrogen-bond donors (Lipinski definition) is 3. The van der Waals surface area contributed by atoms with Gasteiger partial charge in [-0.15, -0.1) is 12.4 Å². The SMILES string of the molecule is Cl.O=C(O)C1CNCC1c1ccccc1O. The van der Waals surface area contributed by atoms with E-state index in [0.29, 0.717) is 13.1 Å². The van der Waals surface area contributed by atoms with Crippen molar-refractivity contribution >= 4 is 18.4 Å². The zero-order valence-corrected chi connectivity index (χ0v) is 9.41. The van der Waals surface area contributed by atoms with Gasteiger partial charge < -0.3 is 15.5 Å². The summed E-state index contributed by atoms with van der Waals surface area (Å²) < 4.78 is 0. The summed E-state index contributed by atoms with van der Waals surface area (Å²) >= 11 is 0. The van der Waals surface area contributed by atoms with Crippen LogP contribution in [0.15, 0.2) is 24.3 Å². The third-order valence-corrected chi connectivity index (χ3v) is 2.87. The van der Waals surface area contributed by atoms with Crippen molar-refractivity contribution in [3.63, 3.8) is 0 Å². The molecule has 1 saturated heterocycles. The first-order valence-corrected chi connectivity index (χ1v) is 4.91. The van der Waals surface area contributed by atoms with E-state index in [2.05, 4.69) is 5.32 Å². The van der Waals surface area contributed by atoms with Crippen LogP contribution in [0.2, 0.25) is 0 Å². The van der Waals surface area contributed by atoms with E-state index in [1.165, 1.54) is 0 Å². The molecule has 4 nitrogen and oxygen atoms in total. The van der Waals surface area contributed by atoms with Gasteiger partial charge in [-0.2, -0.15) is 0 Å². The molecule has 0 spiro atoms. The van der Waals surface area contributed by atoms with Crippen molar-refractivity contribution in [2.75, 3.05) is 13.1 Å². The van der Waals surface area contributed by atoms with Gasteiger partial charge in [-0.3, -0.25) is 4.79 Å². The summed E-state index contributed by atoms with van der Waals surface area (Å²) in [5.74, 6) is -1.22. The number of halogens is 1. The second-order valence-corrected chi connectivity index (χ2v) is 3.77. The number of aliphatic carboxylic acids is 1. The molecule has 1 aromatic carbocycles. The Morgan fingerprint density at radius 1 is 1.31 bits per heavy atom. The molecule has 0 radical (unpaired) electrons. The maximum absolute atomic E-state index is 11.0. The van der Waals surface area contributed by atoms with Gasteiger partial charge in [0.25, 0.3) is 0 Å². The largest absolute Gasteiger partial charge is 0.508 e. The van der Waals surface area contributed by atoms with E-state index in [1.54, 1.807) is 18.2 Å². The van der Waals surface area contributed by atoms with Crippen molar-refractivity contribution < 1.29 is 15.0 Å². The number of para-hydroxylation sites is 1. The van der Waals surface area contributed by atoms with E-state index in [0.717, 1.165) is 5.56 Å². The summed E-state index contributed by atoms with van der Waals surface area (Å²) in [4.78, 5) is 11.0. The van der Waals surface area contributed by atoms with Crippen LogP contribution in [0, 0.1) is 5.92 Å². The highest BCUT2D eigenvalue weighted by Gasteiger charge is 2.34. The highest BCUT2D eigenvalue weighted by molar-refractivity contribution is 5.85. The summed E-state index contributed by atoms with van der Waals surface area (Å²) in [6, 6.07) is 6.92. The average molecular weight is 244 g/mol. The second kappa shape index (κ2) is 5.18. The molecule has 0 aromatic heterocycles. The molecule has 1 heterocycles. The topological polar surface area (TPSA) is 69.6 Å². The lowest BCUT2D eigenvalue weighted by atomic mass is 9.88. The smallest absolute Gasteiger partial charge is 0.308 e. The van der Waals surface area contributed by atoms with E-state index in [4.69, 9.17) is 5.11 Å². The molecule has 1 fully saturated rings. The molecule has 1 aromatic rings. The molecule has 16 heavy (non-hydrogen) atoms. The van der Waals surface area contributed by atoms with E-state index < -0.39 is 11.9 Å². The first-order valence-electron chi connectivity index (χ1n) is 4.91. The third kappa shape index (κ3) is 2.28. The number of benzene rings is 1. The number of carboxylic acid groups (broad SMARTS) is 1. The van der Waals surface area contributed by atoms with E-state index in [-0.39, 0.29) is 24.1 Å².